The minimum absolute atomic E-state index is 0.0629. The number of ether oxygens (including phenoxy) is 1. The molecule has 0 fully saturated rings. The molecule has 148 valence electrons. The number of carbonyl (C=O) groups is 1. The molecule has 1 aliphatic rings. The second kappa shape index (κ2) is 7.37. The van der Waals surface area contributed by atoms with Crippen LogP contribution in [0.1, 0.15) is 46.0 Å². The number of rotatable bonds is 5. The lowest BCUT2D eigenvalue weighted by Crippen LogP contribution is -2.10. The number of hydrogen-bond donors (Lipinski definition) is 0. The molecule has 0 bridgehead atoms. The quantitative estimate of drug-likeness (QED) is 0.447. The monoisotopic (exact) mass is 408 g/mol. The zero-order valence-corrected chi connectivity index (χ0v) is 16.8. The normalized spacial score (nSPS) is 18.0. The molecule has 0 saturated carbocycles. The molecule has 0 aliphatic carbocycles. The lowest BCUT2D eigenvalue weighted by Gasteiger charge is -2.16. The second-order valence-electron chi connectivity index (χ2n) is 7.16. The van der Waals surface area contributed by atoms with Crippen LogP contribution in [0.4, 0.5) is 0 Å². The number of hydrogen-bond acceptors (Lipinski definition) is 5. The van der Waals surface area contributed by atoms with Gasteiger partial charge in [0.05, 0.1) is 0 Å². The Balaban J connectivity index is 1.53. The first-order valence-corrected chi connectivity index (χ1v) is 10.6. The van der Waals surface area contributed by atoms with Crippen molar-refractivity contribution in [2.45, 2.75) is 30.8 Å². The van der Waals surface area contributed by atoms with Crippen molar-refractivity contribution < 1.29 is 22.1 Å². The molecule has 1 aliphatic heterocycles. The molecule has 4 rings (SSSR count). The summed E-state index contributed by atoms with van der Waals surface area (Å²) in [5.74, 6) is 1.06. The van der Waals surface area contributed by atoms with E-state index in [1.165, 1.54) is 12.1 Å². The predicted molar refractivity (Wildman–Crippen MR) is 109 cm³/mol. The van der Waals surface area contributed by atoms with Crippen LogP contribution >= 0.6 is 0 Å². The Morgan fingerprint density at radius 2 is 1.66 bits per heavy atom. The fraction of sp³-hybridized carbons (Fsp3) is 0.174. The Kier molecular flexibility index (Phi) is 4.88. The maximum atomic E-state index is 12.4. The smallest absolute Gasteiger partial charge is 0.339 e. The molecule has 0 spiro atoms. The van der Waals surface area contributed by atoms with E-state index < -0.39 is 10.1 Å². The SMILES string of the molecule is Cc1ccc(S(=O)(=O)Oc2ccc([C@@H]3Oc4ccc(C=O)cc4[C@H]3C)cc2)cc1. The van der Waals surface area contributed by atoms with Crippen LogP contribution in [0.5, 0.6) is 11.5 Å². The number of aldehydes is 1. The Morgan fingerprint density at radius 1 is 0.966 bits per heavy atom. The Hall–Kier alpha value is -3.12. The van der Waals surface area contributed by atoms with Gasteiger partial charge in [0.15, 0.2) is 0 Å². The summed E-state index contributed by atoms with van der Waals surface area (Å²) < 4.78 is 36.2. The first-order chi connectivity index (χ1) is 13.9. The Bertz CT molecular complexity index is 1150. The van der Waals surface area contributed by atoms with Crippen molar-refractivity contribution in [1.82, 2.24) is 0 Å². The molecule has 5 nitrogen and oxygen atoms in total. The Morgan fingerprint density at radius 3 is 2.31 bits per heavy atom. The van der Waals surface area contributed by atoms with E-state index >= 15 is 0 Å². The molecule has 0 radical (unpaired) electrons. The van der Waals surface area contributed by atoms with E-state index in [2.05, 4.69) is 0 Å². The van der Waals surface area contributed by atoms with Crippen molar-refractivity contribution in [3.8, 4) is 11.5 Å². The van der Waals surface area contributed by atoms with Crippen LogP contribution in [0.3, 0.4) is 0 Å². The van der Waals surface area contributed by atoms with E-state index in [1.54, 1.807) is 48.5 Å². The first-order valence-electron chi connectivity index (χ1n) is 9.24. The van der Waals surface area contributed by atoms with Crippen molar-refractivity contribution in [2.24, 2.45) is 0 Å². The van der Waals surface area contributed by atoms with E-state index in [9.17, 15) is 13.2 Å². The van der Waals surface area contributed by atoms with Crippen LogP contribution in [0, 0.1) is 6.92 Å². The van der Waals surface area contributed by atoms with Crippen molar-refractivity contribution in [2.75, 3.05) is 0 Å². The average Bonchev–Trinajstić information content (AvgIpc) is 3.04. The van der Waals surface area contributed by atoms with Gasteiger partial charge in [0, 0.05) is 17.0 Å². The second-order valence-corrected chi connectivity index (χ2v) is 8.71. The highest BCUT2D eigenvalue weighted by Gasteiger charge is 2.32. The van der Waals surface area contributed by atoms with Crippen LogP contribution in [0.2, 0.25) is 0 Å². The number of aryl methyl sites for hydroxylation is 1. The molecule has 0 unspecified atom stereocenters. The van der Waals surface area contributed by atoms with E-state index in [4.69, 9.17) is 8.92 Å². The van der Waals surface area contributed by atoms with Crippen LogP contribution in [-0.2, 0) is 10.1 Å². The third-order valence-electron chi connectivity index (χ3n) is 5.09. The molecule has 2 atom stereocenters. The van der Waals surface area contributed by atoms with Gasteiger partial charge in [0.1, 0.15) is 28.8 Å². The molecule has 6 heteroatoms. The summed E-state index contributed by atoms with van der Waals surface area (Å²) >= 11 is 0. The number of fused-ring (bicyclic) bond motifs is 1. The summed E-state index contributed by atoms with van der Waals surface area (Å²) in [6, 6.07) is 18.7. The lowest BCUT2D eigenvalue weighted by molar-refractivity contribution is 0.112. The zero-order valence-electron chi connectivity index (χ0n) is 16.0. The van der Waals surface area contributed by atoms with E-state index in [-0.39, 0.29) is 22.7 Å². The van der Waals surface area contributed by atoms with Gasteiger partial charge in [-0.15, -0.1) is 0 Å². The molecule has 0 N–H and O–H groups in total. The molecular formula is C23H20O5S. The summed E-state index contributed by atoms with van der Waals surface area (Å²) in [5.41, 5.74) is 3.48. The van der Waals surface area contributed by atoms with Gasteiger partial charge in [0.2, 0.25) is 0 Å². The molecule has 1 heterocycles. The molecule has 0 saturated heterocycles. The Labute approximate surface area is 170 Å². The third kappa shape index (κ3) is 3.76. The van der Waals surface area contributed by atoms with Gasteiger partial charge in [-0.2, -0.15) is 8.42 Å². The van der Waals surface area contributed by atoms with Gasteiger partial charge in [-0.3, -0.25) is 4.79 Å². The van der Waals surface area contributed by atoms with Crippen molar-refractivity contribution in [1.29, 1.82) is 0 Å². The van der Waals surface area contributed by atoms with Gasteiger partial charge < -0.3 is 8.92 Å². The largest absolute Gasteiger partial charge is 0.485 e. The fourth-order valence-corrected chi connectivity index (χ4v) is 4.38. The molecule has 3 aromatic rings. The number of benzene rings is 3. The van der Waals surface area contributed by atoms with Crippen LogP contribution in [0.15, 0.2) is 71.6 Å². The van der Waals surface area contributed by atoms with Crippen molar-refractivity contribution in [3.63, 3.8) is 0 Å². The predicted octanol–water partition coefficient (Wildman–Crippen LogP) is 4.81. The van der Waals surface area contributed by atoms with Gasteiger partial charge in [0.25, 0.3) is 0 Å². The summed E-state index contributed by atoms with van der Waals surface area (Å²) in [7, 11) is -3.89. The highest BCUT2D eigenvalue weighted by molar-refractivity contribution is 7.87. The van der Waals surface area contributed by atoms with E-state index in [0.29, 0.717) is 5.56 Å². The minimum Gasteiger partial charge on any atom is -0.485 e. The molecule has 0 amide bonds. The molecule has 29 heavy (non-hydrogen) atoms. The minimum atomic E-state index is -3.89. The summed E-state index contributed by atoms with van der Waals surface area (Å²) in [6.07, 6.45) is 0.607. The summed E-state index contributed by atoms with van der Waals surface area (Å²) in [4.78, 5) is 11.1. The van der Waals surface area contributed by atoms with Crippen LogP contribution < -0.4 is 8.92 Å². The lowest BCUT2D eigenvalue weighted by atomic mass is 9.92. The van der Waals surface area contributed by atoms with Gasteiger partial charge >= 0.3 is 10.1 Å². The zero-order chi connectivity index (χ0) is 20.6. The summed E-state index contributed by atoms with van der Waals surface area (Å²) in [6.45, 7) is 3.93. The van der Waals surface area contributed by atoms with Crippen LogP contribution in [-0.4, -0.2) is 14.7 Å². The standard InChI is InChI=1S/C23H20O5S/c1-15-3-10-20(11-4-15)29(25,26)28-19-8-6-18(7-9-19)23-16(2)21-13-17(14-24)5-12-22(21)27-23/h3-14,16,23H,1-2H3/t16-,23-/m1/s1. The van der Waals surface area contributed by atoms with Gasteiger partial charge in [-0.1, -0.05) is 36.8 Å². The van der Waals surface area contributed by atoms with Crippen molar-refractivity contribution >= 4 is 16.4 Å². The van der Waals surface area contributed by atoms with Gasteiger partial charge in [-0.25, -0.2) is 0 Å². The van der Waals surface area contributed by atoms with Crippen molar-refractivity contribution in [3.05, 3.63) is 89.0 Å². The molecule has 3 aromatic carbocycles. The molecular weight excluding hydrogens is 388 g/mol. The number of carbonyl (C=O) groups excluding carboxylic acids is 1. The summed E-state index contributed by atoms with van der Waals surface area (Å²) in [5, 5.41) is 0. The van der Waals surface area contributed by atoms with Crippen LogP contribution in [0.25, 0.3) is 0 Å². The highest BCUT2D eigenvalue weighted by Crippen LogP contribution is 2.46. The van der Waals surface area contributed by atoms with E-state index in [1.807, 2.05) is 19.9 Å². The fourth-order valence-electron chi connectivity index (χ4n) is 3.45. The average molecular weight is 408 g/mol. The topological polar surface area (TPSA) is 69.7 Å². The maximum Gasteiger partial charge on any atom is 0.339 e. The first kappa shape index (κ1) is 19.2. The van der Waals surface area contributed by atoms with E-state index in [0.717, 1.165) is 28.7 Å². The highest BCUT2D eigenvalue weighted by atomic mass is 32.2. The maximum absolute atomic E-state index is 12.4. The third-order valence-corrected chi connectivity index (χ3v) is 6.35. The molecule has 0 aromatic heterocycles. The van der Waals surface area contributed by atoms with Gasteiger partial charge in [-0.05, 0) is 55.0 Å².